The topological polar surface area (TPSA) is 77.7 Å². The van der Waals surface area contributed by atoms with Gasteiger partial charge in [0.05, 0.1) is 19.1 Å². The number of amides is 1. The molecular formula is C21H23N3O4S. The fourth-order valence-corrected chi connectivity index (χ4v) is 4.16. The minimum absolute atomic E-state index is 0.142. The Morgan fingerprint density at radius 2 is 2.03 bits per heavy atom. The molecule has 1 aliphatic rings. The van der Waals surface area contributed by atoms with Crippen LogP contribution in [-0.2, 0) is 24.2 Å². The molecule has 1 amide bonds. The molecule has 0 bridgehead atoms. The van der Waals surface area contributed by atoms with Crippen molar-refractivity contribution in [1.82, 2.24) is 15.0 Å². The van der Waals surface area contributed by atoms with Crippen molar-refractivity contribution in [2.45, 2.75) is 32.2 Å². The van der Waals surface area contributed by atoms with Gasteiger partial charge in [0.1, 0.15) is 0 Å². The quantitative estimate of drug-likeness (QED) is 0.587. The molecule has 0 atom stereocenters. The summed E-state index contributed by atoms with van der Waals surface area (Å²) < 4.78 is 16.1. The van der Waals surface area contributed by atoms with E-state index in [4.69, 9.17) is 14.0 Å². The van der Waals surface area contributed by atoms with E-state index in [2.05, 4.69) is 10.1 Å². The second-order valence-corrected chi connectivity index (χ2v) is 7.83. The van der Waals surface area contributed by atoms with Crippen LogP contribution in [0.2, 0.25) is 0 Å². The predicted molar refractivity (Wildman–Crippen MR) is 109 cm³/mol. The van der Waals surface area contributed by atoms with Crippen LogP contribution in [-0.4, -0.2) is 41.7 Å². The van der Waals surface area contributed by atoms with Gasteiger partial charge >= 0.3 is 0 Å². The lowest BCUT2D eigenvalue weighted by Crippen LogP contribution is -2.35. The van der Waals surface area contributed by atoms with E-state index in [9.17, 15) is 4.79 Å². The van der Waals surface area contributed by atoms with E-state index in [1.54, 1.807) is 25.6 Å². The molecule has 2 aromatic heterocycles. The first-order valence-electron chi connectivity index (χ1n) is 9.56. The average molecular weight is 413 g/mol. The number of aromatic nitrogens is 2. The number of fused-ring (bicyclic) bond motifs is 1. The van der Waals surface area contributed by atoms with Crippen LogP contribution in [0.4, 0.5) is 0 Å². The summed E-state index contributed by atoms with van der Waals surface area (Å²) >= 11 is 1.57. The maximum atomic E-state index is 12.7. The zero-order valence-corrected chi connectivity index (χ0v) is 17.3. The maximum Gasteiger partial charge on any atom is 0.226 e. The number of carbonyl (C=O) groups is 1. The van der Waals surface area contributed by atoms with E-state index < -0.39 is 0 Å². The van der Waals surface area contributed by atoms with Gasteiger partial charge in [0.15, 0.2) is 11.5 Å². The highest BCUT2D eigenvalue weighted by Crippen LogP contribution is 2.33. The molecule has 3 heterocycles. The Labute approximate surface area is 173 Å². The van der Waals surface area contributed by atoms with Crippen molar-refractivity contribution in [3.63, 3.8) is 0 Å². The molecule has 0 radical (unpaired) electrons. The monoisotopic (exact) mass is 413 g/mol. The first-order chi connectivity index (χ1) is 14.2. The first kappa shape index (κ1) is 19.4. The second-order valence-electron chi connectivity index (χ2n) is 6.88. The van der Waals surface area contributed by atoms with E-state index >= 15 is 0 Å². The summed E-state index contributed by atoms with van der Waals surface area (Å²) in [5, 5.41) is 5.99. The predicted octanol–water partition coefficient (Wildman–Crippen LogP) is 3.72. The van der Waals surface area contributed by atoms with E-state index in [1.165, 1.54) is 5.56 Å². The summed E-state index contributed by atoms with van der Waals surface area (Å²) in [6.45, 7) is 1.31. The van der Waals surface area contributed by atoms with Crippen molar-refractivity contribution >= 4 is 17.2 Å². The first-order valence-corrected chi connectivity index (χ1v) is 10.4. The Morgan fingerprint density at radius 3 is 2.76 bits per heavy atom. The number of ether oxygens (including phenoxy) is 2. The van der Waals surface area contributed by atoms with Gasteiger partial charge in [-0.2, -0.15) is 4.98 Å². The van der Waals surface area contributed by atoms with Gasteiger partial charge < -0.3 is 18.9 Å². The van der Waals surface area contributed by atoms with Gasteiger partial charge in [-0.25, -0.2) is 0 Å². The third kappa shape index (κ3) is 4.27. The Bertz CT molecular complexity index is 984. The van der Waals surface area contributed by atoms with E-state index in [0.29, 0.717) is 49.8 Å². The molecule has 0 spiro atoms. The summed E-state index contributed by atoms with van der Waals surface area (Å²) in [7, 11) is 3.26. The minimum atomic E-state index is 0.142. The normalized spacial score (nSPS) is 13.2. The van der Waals surface area contributed by atoms with Crippen molar-refractivity contribution < 1.29 is 18.8 Å². The summed E-state index contributed by atoms with van der Waals surface area (Å²) in [5.74, 6) is 2.75. The molecule has 7 nitrogen and oxygen atoms in total. The molecule has 4 rings (SSSR count). The molecule has 0 N–H and O–H groups in total. The summed E-state index contributed by atoms with van der Waals surface area (Å²) in [6.07, 6.45) is 2.55. The molecule has 1 aliphatic heterocycles. The molecular weight excluding hydrogens is 390 g/mol. The SMILES string of the molecule is COc1cc2c(cc1OC)CN(C(=O)CCCc1nc(-c3cccs3)no1)CC2. The number of methoxy groups -OCH3 is 2. The Morgan fingerprint density at radius 1 is 1.24 bits per heavy atom. The third-order valence-electron chi connectivity index (χ3n) is 5.06. The molecule has 0 saturated heterocycles. The molecule has 3 aromatic rings. The van der Waals surface area contributed by atoms with Gasteiger partial charge in [0.25, 0.3) is 0 Å². The second kappa shape index (κ2) is 8.65. The van der Waals surface area contributed by atoms with Gasteiger partial charge in [0.2, 0.25) is 17.6 Å². The summed E-state index contributed by atoms with van der Waals surface area (Å²) in [5.41, 5.74) is 2.32. The van der Waals surface area contributed by atoms with Crippen LogP contribution in [0.1, 0.15) is 29.9 Å². The largest absolute Gasteiger partial charge is 0.493 e. The number of hydrogen-bond acceptors (Lipinski definition) is 7. The van der Waals surface area contributed by atoms with Crippen LogP contribution in [0.5, 0.6) is 11.5 Å². The lowest BCUT2D eigenvalue weighted by atomic mass is 9.98. The molecule has 152 valence electrons. The van der Waals surface area contributed by atoms with Crippen molar-refractivity contribution in [3.05, 3.63) is 46.7 Å². The minimum Gasteiger partial charge on any atom is -0.493 e. The number of hydrogen-bond donors (Lipinski definition) is 0. The molecule has 29 heavy (non-hydrogen) atoms. The van der Waals surface area contributed by atoms with E-state index in [0.717, 1.165) is 22.6 Å². The number of aryl methyl sites for hydroxylation is 1. The highest BCUT2D eigenvalue weighted by atomic mass is 32.1. The van der Waals surface area contributed by atoms with E-state index in [1.807, 2.05) is 34.5 Å². The highest BCUT2D eigenvalue weighted by Gasteiger charge is 2.22. The number of rotatable bonds is 7. The van der Waals surface area contributed by atoms with Crippen LogP contribution in [0.3, 0.4) is 0 Å². The van der Waals surface area contributed by atoms with E-state index in [-0.39, 0.29) is 5.91 Å². The van der Waals surface area contributed by atoms with Crippen molar-refractivity contribution in [2.75, 3.05) is 20.8 Å². The van der Waals surface area contributed by atoms with Gasteiger partial charge in [-0.3, -0.25) is 4.79 Å². The van der Waals surface area contributed by atoms with Crippen molar-refractivity contribution in [1.29, 1.82) is 0 Å². The van der Waals surface area contributed by atoms with Gasteiger partial charge in [-0.1, -0.05) is 11.2 Å². The highest BCUT2D eigenvalue weighted by molar-refractivity contribution is 7.13. The van der Waals surface area contributed by atoms with Crippen LogP contribution in [0.25, 0.3) is 10.7 Å². The average Bonchev–Trinajstić information content (AvgIpc) is 3.44. The van der Waals surface area contributed by atoms with Crippen molar-refractivity contribution in [2.24, 2.45) is 0 Å². The fourth-order valence-electron chi connectivity index (χ4n) is 3.51. The molecule has 0 unspecified atom stereocenters. The fraction of sp³-hybridized carbons (Fsp3) is 0.381. The lowest BCUT2D eigenvalue weighted by molar-refractivity contribution is -0.132. The molecule has 8 heteroatoms. The van der Waals surface area contributed by atoms with Crippen LogP contribution in [0, 0.1) is 0 Å². The standard InChI is InChI=1S/C21H23N3O4S/c1-26-16-11-14-8-9-24(13-15(14)12-17(16)27-2)20(25)7-3-6-19-22-21(23-28-19)18-5-4-10-29-18/h4-5,10-12H,3,6-9,13H2,1-2H3. The number of thiophene rings is 1. The molecule has 0 fully saturated rings. The molecule has 0 saturated carbocycles. The molecule has 1 aromatic carbocycles. The Kier molecular flexibility index (Phi) is 5.80. The summed E-state index contributed by atoms with van der Waals surface area (Å²) in [6, 6.07) is 7.90. The number of nitrogens with zero attached hydrogens (tertiary/aromatic N) is 3. The smallest absolute Gasteiger partial charge is 0.226 e. The molecule has 0 aliphatic carbocycles. The zero-order valence-electron chi connectivity index (χ0n) is 16.5. The third-order valence-corrected chi connectivity index (χ3v) is 5.93. The lowest BCUT2D eigenvalue weighted by Gasteiger charge is -2.29. The zero-order chi connectivity index (χ0) is 20.2. The van der Waals surface area contributed by atoms with Crippen LogP contribution in [0.15, 0.2) is 34.2 Å². The van der Waals surface area contributed by atoms with Gasteiger partial charge in [-0.05, 0) is 47.5 Å². The van der Waals surface area contributed by atoms with Crippen LogP contribution < -0.4 is 9.47 Å². The Hall–Kier alpha value is -2.87. The van der Waals surface area contributed by atoms with Gasteiger partial charge in [0, 0.05) is 25.9 Å². The van der Waals surface area contributed by atoms with Crippen molar-refractivity contribution in [3.8, 4) is 22.2 Å². The number of carbonyl (C=O) groups excluding carboxylic acids is 1. The van der Waals surface area contributed by atoms with Gasteiger partial charge in [-0.15, -0.1) is 11.3 Å². The summed E-state index contributed by atoms with van der Waals surface area (Å²) in [4.78, 5) is 20.0. The maximum absolute atomic E-state index is 12.7. The Balaban J connectivity index is 1.32. The number of benzene rings is 1. The van der Waals surface area contributed by atoms with Crippen LogP contribution >= 0.6 is 11.3 Å².